The van der Waals surface area contributed by atoms with Gasteiger partial charge >= 0.3 is 0 Å². The van der Waals surface area contributed by atoms with Crippen molar-refractivity contribution in [2.75, 3.05) is 31.5 Å². The molecule has 0 saturated carbocycles. The van der Waals surface area contributed by atoms with E-state index in [-0.39, 0.29) is 30.6 Å². The first-order valence-electron chi connectivity index (χ1n) is 10.3. The van der Waals surface area contributed by atoms with Crippen LogP contribution in [0.2, 0.25) is 0 Å². The number of hydrogen-bond donors (Lipinski definition) is 2. The summed E-state index contributed by atoms with van der Waals surface area (Å²) >= 11 is 0. The maximum absolute atomic E-state index is 12.4. The lowest BCUT2D eigenvalue weighted by Crippen LogP contribution is -2.34. The number of imidazole rings is 1. The van der Waals surface area contributed by atoms with E-state index in [2.05, 4.69) is 34.4 Å². The number of halogens is 1. The monoisotopic (exact) mass is 443 g/mol. The van der Waals surface area contributed by atoms with Crippen molar-refractivity contribution in [2.24, 2.45) is 0 Å². The predicted molar refractivity (Wildman–Crippen MR) is 126 cm³/mol. The van der Waals surface area contributed by atoms with E-state index < -0.39 is 0 Å². The van der Waals surface area contributed by atoms with Gasteiger partial charge in [0.15, 0.2) is 0 Å². The average Bonchev–Trinajstić information content (AvgIpc) is 3.15. The number of nitrogens with one attached hydrogen (secondary N) is 2. The van der Waals surface area contributed by atoms with Crippen molar-refractivity contribution in [2.45, 2.75) is 27.2 Å². The standard InChI is InChI=1S/C23H29N5O2.ClH/c1-4-27(5-2)14-12-24-23(30)18-8-10-19(11-9-18)25-21(29)15-20-16-28-13-6-7-17(3)22(28)26-20;/h6-11,13,16H,4-5,12,14-15H2,1-3H3,(H,24,30)(H,25,29);1H. The number of benzene rings is 1. The molecular weight excluding hydrogens is 414 g/mol. The van der Waals surface area contributed by atoms with Gasteiger partial charge < -0.3 is 19.9 Å². The normalized spacial score (nSPS) is 10.7. The van der Waals surface area contributed by atoms with Gasteiger partial charge in [0, 0.05) is 36.7 Å². The molecule has 2 heterocycles. The molecule has 0 aliphatic carbocycles. The second-order valence-electron chi connectivity index (χ2n) is 7.24. The summed E-state index contributed by atoms with van der Waals surface area (Å²) in [5, 5.41) is 5.79. The summed E-state index contributed by atoms with van der Waals surface area (Å²) in [5.41, 5.74) is 3.86. The van der Waals surface area contributed by atoms with Crippen molar-refractivity contribution in [1.82, 2.24) is 19.6 Å². The van der Waals surface area contributed by atoms with Crippen LogP contribution < -0.4 is 10.6 Å². The van der Waals surface area contributed by atoms with E-state index in [1.54, 1.807) is 24.3 Å². The van der Waals surface area contributed by atoms with Gasteiger partial charge in [0.05, 0.1) is 12.1 Å². The summed E-state index contributed by atoms with van der Waals surface area (Å²) in [6.07, 6.45) is 3.98. The molecule has 0 saturated heterocycles. The molecule has 166 valence electrons. The molecule has 7 nitrogen and oxygen atoms in total. The van der Waals surface area contributed by atoms with E-state index in [4.69, 9.17) is 0 Å². The third-order valence-electron chi connectivity index (χ3n) is 5.11. The Bertz CT molecular complexity index is 1010. The Hall–Kier alpha value is -2.90. The van der Waals surface area contributed by atoms with Crippen LogP contribution in [0.15, 0.2) is 48.8 Å². The number of aromatic nitrogens is 2. The highest BCUT2D eigenvalue weighted by Crippen LogP contribution is 2.13. The van der Waals surface area contributed by atoms with Crippen LogP contribution in [0.3, 0.4) is 0 Å². The number of amides is 2. The van der Waals surface area contributed by atoms with Gasteiger partial charge in [-0.1, -0.05) is 19.9 Å². The topological polar surface area (TPSA) is 78.7 Å². The van der Waals surface area contributed by atoms with E-state index >= 15 is 0 Å². The Morgan fingerprint density at radius 1 is 1.10 bits per heavy atom. The van der Waals surface area contributed by atoms with Gasteiger partial charge in [-0.05, 0) is 55.9 Å². The number of fused-ring (bicyclic) bond motifs is 1. The van der Waals surface area contributed by atoms with Gasteiger partial charge in [-0.25, -0.2) is 4.98 Å². The minimum absolute atomic E-state index is 0. The Labute approximate surface area is 189 Å². The largest absolute Gasteiger partial charge is 0.351 e. The lowest BCUT2D eigenvalue weighted by Gasteiger charge is -2.17. The average molecular weight is 444 g/mol. The molecule has 0 fully saturated rings. The second-order valence-corrected chi connectivity index (χ2v) is 7.24. The van der Waals surface area contributed by atoms with Crippen molar-refractivity contribution in [3.05, 3.63) is 65.6 Å². The van der Waals surface area contributed by atoms with Gasteiger partial charge in [-0.15, -0.1) is 12.4 Å². The minimum atomic E-state index is -0.146. The van der Waals surface area contributed by atoms with Gasteiger partial charge in [0.25, 0.3) is 5.91 Å². The Morgan fingerprint density at radius 2 is 1.81 bits per heavy atom. The zero-order chi connectivity index (χ0) is 21.5. The number of aryl methyl sites for hydroxylation is 1. The molecule has 0 aliphatic heterocycles. The molecule has 2 amide bonds. The van der Waals surface area contributed by atoms with Gasteiger partial charge in [0.2, 0.25) is 5.91 Å². The SMILES string of the molecule is CCN(CC)CCNC(=O)c1ccc(NC(=O)Cc2cn3cccc(C)c3n2)cc1.Cl. The van der Waals surface area contributed by atoms with Crippen molar-refractivity contribution in [3.63, 3.8) is 0 Å². The smallest absolute Gasteiger partial charge is 0.251 e. The van der Waals surface area contributed by atoms with Gasteiger partial charge in [-0.2, -0.15) is 0 Å². The number of pyridine rings is 1. The van der Waals surface area contributed by atoms with Crippen LogP contribution in [-0.2, 0) is 11.2 Å². The summed E-state index contributed by atoms with van der Waals surface area (Å²) in [5.74, 6) is -0.257. The fourth-order valence-electron chi connectivity index (χ4n) is 3.33. The first kappa shape index (κ1) is 24.4. The molecule has 31 heavy (non-hydrogen) atoms. The zero-order valence-electron chi connectivity index (χ0n) is 18.2. The van der Waals surface area contributed by atoms with E-state index in [0.717, 1.165) is 30.8 Å². The molecule has 1 aromatic carbocycles. The molecule has 0 radical (unpaired) electrons. The fraction of sp³-hybridized carbons (Fsp3) is 0.348. The molecule has 0 spiro atoms. The summed E-state index contributed by atoms with van der Waals surface area (Å²) < 4.78 is 1.92. The van der Waals surface area contributed by atoms with Crippen LogP contribution >= 0.6 is 12.4 Å². The summed E-state index contributed by atoms with van der Waals surface area (Å²) in [4.78, 5) is 31.4. The van der Waals surface area contributed by atoms with E-state index in [9.17, 15) is 9.59 Å². The summed E-state index contributed by atoms with van der Waals surface area (Å²) in [7, 11) is 0. The predicted octanol–water partition coefficient (Wildman–Crippen LogP) is 3.32. The second kappa shape index (κ2) is 11.5. The first-order valence-corrected chi connectivity index (χ1v) is 10.3. The van der Waals surface area contributed by atoms with Crippen LogP contribution in [0, 0.1) is 6.92 Å². The Balaban J connectivity index is 0.00000341. The van der Waals surface area contributed by atoms with E-state index in [0.29, 0.717) is 23.5 Å². The molecule has 0 unspecified atom stereocenters. The quantitative estimate of drug-likeness (QED) is 0.531. The lowest BCUT2D eigenvalue weighted by atomic mass is 10.2. The molecule has 2 aromatic heterocycles. The van der Waals surface area contributed by atoms with Gasteiger partial charge in [0.1, 0.15) is 5.65 Å². The van der Waals surface area contributed by atoms with Crippen LogP contribution in [0.1, 0.15) is 35.5 Å². The maximum Gasteiger partial charge on any atom is 0.251 e. The highest BCUT2D eigenvalue weighted by Gasteiger charge is 2.10. The zero-order valence-corrected chi connectivity index (χ0v) is 19.0. The maximum atomic E-state index is 12.4. The number of anilines is 1. The Morgan fingerprint density at radius 3 is 2.45 bits per heavy atom. The molecule has 8 heteroatoms. The van der Waals surface area contributed by atoms with Gasteiger partial charge in [-0.3, -0.25) is 9.59 Å². The Kier molecular flexibility index (Phi) is 9.03. The molecule has 3 aromatic rings. The number of carbonyl (C=O) groups is 2. The van der Waals surface area contributed by atoms with Crippen molar-refractivity contribution in [3.8, 4) is 0 Å². The molecule has 3 rings (SSSR count). The van der Waals surface area contributed by atoms with Crippen LogP contribution in [0.25, 0.3) is 5.65 Å². The number of rotatable bonds is 9. The first-order chi connectivity index (χ1) is 14.5. The molecule has 0 bridgehead atoms. The molecule has 2 N–H and O–H groups in total. The van der Waals surface area contributed by atoms with E-state index in [1.807, 2.05) is 35.9 Å². The van der Waals surface area contributed by atoms with Crippen molar-refractivity contribution >= 4 is 35.6 Å². The van der Waals surface area contributed by atoms with E-state index in [1.165, 1.54) is 0 Å². The van der Waals surface area contributed by atoms with Crippen LogP contribution in [0.5, 0.6) is 0 Å². The number of likely N-dealkylation sites (N-methyl/N-ethyl adjacent to an activating group) is 1. The molecule has 0 aliphatic rings. The van der Waals surface area contributed by atoms with Crippen LogP contribution in [-0.4, -0.2) is 52.3 Å². The number of carbonyl (C=O) groups excluding carboxylic acids is 2. The molecule has 0 atom stereocenters. The number of nitrogens with zero attached hydrogens (tertiary/aromatic N) is 3. The fourth-order valence-corrected chi connectivity index (χ4v) is 3.33. The highest BCUT2D eigenvalue weighted by molar-refractivity contribution is 5.96. The van der Waals surface area contributed by atoms with Crippen molar-refractivity contribution in [1.29, 1.82) is 0 Å². The third kappa shape index (κ3) is 6.54. The van der Waals surface area contributed by atoms with Crippen LogP contribution in [0.4, 0.5) is 5.69 Å². The lowest BCUT2D eigenvalue weighted by molar-refractivity contribution is -0.115. The molecular formula is C23H30ClN5O2. The summed E-state index contributed by atoms with van der Waals surface area (Å²) in [6.45, 7) is 9.58. The summed E-state index contributed by atoms with van der Waals surface area (Å²) in [6, 6.07) is 10.9. The van der Waals surface area contributed by atoms with Crippen molar-refractivity contribution < 1.29 is 9.59 Å². The third-order valence-corrected chi connectivity index (χ3v) is 5.11. The highest BCUT2D eigenvalue weighted by atomic mass is 35.5. The number of hydrogen-bond acceptors (Lipinski definition) is 4. The minimum Gasteiger partial charge on any atom is -0.351 e.